The number of nitrogens with zero attached hydrogens (tertiary/aromatic N) is 1. The Bertz CT molecular complexity index is 495. The molecule has 100 valence electrons. The molecular weight excluding hydrogens is 245 g/mol. The number of allylic oxidation sites excluding steroid dienone is 2. The number of hydrogen-bond donors (Lipinski definition) is 0. The first-order chi connectivity index (χ1) is 9.11. The number of carbonyl (C=O) groups excluding carboxylic acids is 2. The molecule has 2 unspecified atom stereocenters. The van der Waals surface area contributed by atoms with Crippen molar-refractivity contribution < 1.29 is 14.0 Å². The van der Waals surface area contributed by atoms with Gasteiger partial charge in [-0.1, -0.05) is 18.2 Å². The van der Waals surface area contributed by atoms with Gasteiger partial charge in [0.2, 0.25) is 5.91 Å². The lowest BCUT2D eigenvalue weighted by molar-refractivity contribution is -0.132. The number of amides is 1. The highest BCUT2D eigenvalue weighted by Gasteiger charge is 2.42. The average molecular weight is 261 g/mol. The maximum absolute atomic E-state index is 12.8. The molecule has 1 aliphatic carbocycles. The van der Waals surface area contributed by atoms with Gasteiger partial charge in [-0.2, -0.15) is 0 Å². The van der Waals surface area contributed by atoms with Crippen LogP contribution in [-0.2, 0) is 16.1 Å². The van der Waals surface area contributed by atoms with Crippen molar-refractivity contribution in [3.63, 3.8) is 0 Å². The molecule has 3 nitrogen and oxygen atoms in total. The zero-order valence-electron chi connectivity index (χ0n) is 10.8. The molecule has 0 radical (unpaired) electrons. The van der Waals surface area contributed by atoms with Crippen molar-refractivity contribution in [1.82, 2.24) is 4.90 Å². The first-order valence-corrected chi connectivity index (χ1v) is 6.23. The summed E-state index contributed by atoms with van der Waals surface area (Å²) >= 11 is 0. The molecule has 0 saturated heterocycles. The highest BCUT2D eigenvalue weighted by atomic mass is 19.1. The SMILES string of the molecule is CN(Cc1ccc(F)cc1)C(=O)C1CC1/C=C/C=O. The zero-order chi connectivity index (χ0) is 13.8. The van der Waals surface area contributed by atoms with Gasteiger partial charge in [0.1, 0.15) is 12.1 Å². The number of hydrogen-bond acceptors (Lipinski definition) is 2. The van der Waals surface area contributed by atoms with Crippen molar-refractivity contribution in [3.05, 3.63) is 47.8 Å². The van der Waals surface area contributed by atoms with Crippen molar-refractivity contribution in [2.45, 2.75) is 13.0 Å². The standard InChI is InChI=1S/C15H16FNO2/c1-17(10-11-4-6-13(16)7-5-11)15(19)14-9-12(14)3-2-8-18/h2-8,12,14H,9-10H2,1H3/b3-2+. The van der Waals surface area contributed by atoms with E-state index in [-0.39, 0.29) is 23.6 Å². The lowest BCUT2D eigenvalue weighted by atomic mass is 10.2. The van der Waals surface area contributed by atoms with Gasteiger partial charge in [0, 0.05) is 19.5 Å². The Hall–Kier alpha value is -1.97. The summed E-state index contributed by atoms with van der Waals surface area (Å²) in [6, 6.07) is 6.13. The molecule has 0 N–H and O–H groups in total. The monoisotopic (exact) mass is 261 g/mol. The van der Waals surface area contributed by atoms with E-state index in [9.17, 15) is 14.0 Å². The lowest BCUT2D eigenvalue weighted by Crippen LogP contribution is -2.28. The smallest absolute Gasteiger partial charge is 0.226 e. The van der Waals surface area contributed by atoms with Crippen LogP contribution >= 0.6 is 0 Å². The van der Waals surface area contributed by atoms with Gasteiger partial charge in [0.25, 0.3) is 0 Å². The van der Waals surface area contributed by atoms with Gasteiger partial charge in [-0.05, 0) is 36.1 Å². The molecule has 1 aromatic rings. The minimum absolute atomic E-state index is 0.0124. The van der Waals surface area contributed by atoms with Crippen LogP contribution in [0.5, 0.6) is 0 Å². The van der Waals surface area contributed by atoms with E-state index in [0.29, 0.717) is 6.54 Å². The van der Waals surface area contributed by atoms with Gasteiger partial charge in [0.05, 0.1) is 0 Å². The third kappa shape index (κ3) is 3.50. The molecule has 0 aliphatic heterocycles. The Labute approximate surface area is 111 Å². The molecule has 0 bridgehead atoms. The van der Waals surface area contributed by atoms with Crippen LogP contribution in [0.4, 0.5) is 4.39 Å². The predicted molar refractivity (Wildman–Crippen MR) is 69.7 cm³/mol. The first kappa shape index (κ1) is 13.5. The summed E-state index contributed by atoms with van der Waals surface area (Å²) in [4.78, 5) is 23.9. The fraction of sp³-hybridized carbons (Fsp3) is 0.333. The molecule has 2 atom stereocenters. The van der Waals surface area contributed by atoms with E-state index in [0.717, 1.165) is 18.3 Å². The van der Waals surface area contributed by atoms with Crippen LogP contribution in [-0.4, -0.2) is 24.1 Å². The molecule has 1 aliphatic rings. The zero-order valence-corrected chi connectivity index (χ0v) is 10.8. The maximum atomic E-state index is 12.8. The van der Waals surface area contributed by atoms with Crippen LogP contribution in [0, 0.1) is 17.7 Å². The van der Waals surface area contributed by atoms with E-state index in [1.54, 1.807) is 30.2 Å². The Morgan fingerprint density at radius 3 is 2.74 bits per heavy atom. The number of aldehydes is 1. The fourth-order valence-electron chi connectivity index (χ4n) is 2.12. The molecule has 0 aromatic heterocycles. The summed E-state index contributed by atoms with van der Waals surface area (Å²) in [7, 11) is 1.74. The number of carbonyl (C=O) groups is 2. The van der Waals surface area contributed by atoms with E-state index in [1.807, 2.05) is 0 Å². The van der Waals surface area contributed by atoms with Crippen LogP contribution in [0.2, 0.25) is 0 Å². The highest BCUT2D eigenvalue weighted by Crippen LogP contribution is 2.40. The van der Waals surface area contributed by atoms with E-state index in [4.69, 9.17) is 0 Å². The molecular formula is C15H16FNO2. The fourth-order valence-corrected chi connectivity index (χ4v) is 2.12. The predicted octanol–water partition coefficient (Wildman–Crippen LogP) is 2.18. The largest absolute Gasteiger partial charge is 0.341 e. The van der Waals surface area contributed by atoms with Crippen LogP contribution in [0.1, 0.15) is 12.0 Å². The van der Waals surface area contributed by atoms with E-state index < -0.39 is 0 Å². The van der Waals surface area contributed by atoms with Gasteiger partial charge in [-0.25, -0.2) is 4.39 Å². The Kier molecular flexibility index (Phi) is 4.10. The summed E-state index contributed by atoms with van der Waals surface area (Å²) in [6.45, 7) is 0.472. The van der Waals surface area contributed by atoms with Gasteiger partial charge < -0.3 is 4.90 Å². The van der Waals surface area contributed by atoms with Crippen LogP contribution in [0.25, 0.3) is 0 Å². The summed E-state index contributed by atoms with van der Waals surface area (Å²) in [6.07, 6.45) is 4.75. The molecule has 0 spiro atoms. The van der Waals surface area contributed by atoms with Crippen molar-refractivity contribution in [2.24, 2.45) is 11.8 Å². The van der Waals surface area contributed by atoms with Crippen LogP contribution in [0.3, 0.4) is 0 Å². The third-order valence-corrected chi connectivity index (χ3v) is 3.30. The maximum Gasteiger partial charge on any atom is 0.226 e. The van der Waals surface area contributed by atoms with Gasteiger partial charge in [-0.3, -0.25) is 9.59 Å². The number of halogens is 1. The first-order valence-electron chi connectivity index (χ1n) is 6.23. The molecule has 0 heterocycles. The summed E-state index contributed by atoms with van der Waals surface area (Å²) in [5, 5.41) is 0. The van der Waals surface area contributed by atoms with Crippen molar-refractivity contribution >= 4 is 12.2 Å². The molecule has 1 amide bonds. The molecule has 4 heteroatoms. The summed E-state index contributed by atoms with van der Waals surface area (Å²) in [5.74, 6) is -0.0288. The van der Waals surface area contributed by atoms with E-state index >= 15 is 0 Å². The molecule has 1 aromatic carbocycles. The second-order valence-electron chi connectivity index (χ2n) is 4.85. The quantitative estimate of drug-likeness (QED) is 0.602. The molecule has 1 fully saturated rings. The minimum atomic E-state index is -0.279. The second-order valence-corrected chi connectivity index (χ2v) is 4.85. The topological polar surface area (TPSA) is 37.4 Å². The number of benzene rings is 1. The van der Waals surface area contributed by atoms with Crippen molar-refractivity contribution in [1.29, 1.82) is 0 Å². The Morgan fingerprint density at radius 2 is 2.11 bits per heavy atom. The van der Waals surface area contributed by atoms with Crippen LogP contribution in [0.15, 0.2) is 36.4 Å². The third-order valence-electron chi connectivity index (χ3n) is 3.30. The highest BCUT2D eigenvalue weighted by molar-refractivity contribution is 5.82. The summed E-state index contributed by atoms with van der Waals surface area (Å²) in [5.41, 5.74) is 0.901. The number of rotatable bonds is 5. The second kappa shape index (κ2) is 5.78. The van der Waals surface area contributed by atoms with Gasteiger partial charge in [-0.15, -0.1) is 0 Å². The molecule has 19 heavy (non-hydrogen) atoms. The Balaban J connectivity index is 1.88. The normalized spacial score (nSPS) is 21.4. The summed E-state index contributed by atoms with van der Waals surface area (Å²) < 4.78 is 12.8. The van der Waals surface area contributed by atoms with Crippen LogP contribution < -0.4 is 0 Å². The van der Waals surface area contributed by atoms with Crippen molar-refractivity contribution in [2.75, 3.05) is 7.05 Å². The van der Waals surface area contributed by atoms with E-state index in [1.165, 1.54) is 18.2 Å². The van der Waals surface area contributed by atoms with Gasteiger partial charge in [0.15, 0.2) is 0 Å². The van der Waals surface area contributed by atoms with Gasteiger partial charge >= 0.3 is 0 Å². The Morgan fingerprint density at radius 1 is 1.42 bits per heavy atom. The molecule has 2 rings (SSSR count). The van der Waals surface area contributed by atoms with E-state index in [2.05, 4.69) is 0 Å². The van der Waals surface area contributed by atoms with Crippen molar-refractivity contribution in [3.8, 4) is 0 Å². The minimum Gasteiger partial charge on any atom is -0.341 e. The molecule has 1 saturated carbocycles. The lowest BCUT2D eigenvalue weighted by Gasteiger charge is -2.17. The average Bonchev–Trinajstić information content (AvgIpc) is 3.17.